The molecule has 140 valence electrons. The van der Waals surface area contributed by atoms with Gasteiger partial charge in [-0.2, -0.15) is 0 Å². The van der Waals surface area contributed by atoms with Crippen LogP contribution in [0.2, 0.25) is 0 Å². The summed E-state index contributed by atoms with van der Waals surface area (Å²) in [5.74, 6) is -0.509. The average molecular weight is 380 g/mol. The Balaban J connectivity index is 2.39. The van der Waals surface area contributed by atoms with E-state index in [9.17, 15) is 19.7 Å². The smallest absolute Gasteiger partial charge is 0.321 e. The Morgan fingerprint density at radius 3 is 2.62 bits per heavy atom. The van der Waals surface area contributed by atoms with Gasteiger partial charge in [0.1, 0.15) is 5.60 Å². The normalized spacial score (nSPS) is 11.2. The molecule has 0 atom stereocenters. The number of thiazole rings is 1. The minimum absolute atomic E-state index is 0.149. The first kappa shape index (κ1) is 19.6. The highest BCUT2D eigenvalue weighted by molar-refractivity contribution is 7.22. The highest BCUT2D eigenvalue weighted by Gasteiger charge is 2.21. The number of fused-ring (bicyclic) bond motifs is 1. The molecule has 2 aromatic rings. The maximum atomic E-state index is 12.1. The highest BCUT2D eigenvalue weighted by atomic mass is 32.1. The fourth-order valence-corrected chi connectivity index (χ4v) is 3.15. The van der Waals surface area contributed by atoms with E-state index in [2.05, 4.69) is 15.6 Å². The van der Waals surface area contributed by atoms with Crippen LogP contribution in [0.4, 0.5) is 15.6 Å². The second-order valence-corrected chi connectivity index (χ2v) is 7.51. The van der Waals surface area contributed by atoms with Crippen molar-refractivity contribution < 1.29 is 19.2 Å². The molecule has 0 aliphatic heterocycles. The van der Waals surface area contributed by atoms with E-state index in [1.165, 1.54) is 12.1 Å². The van der Waals surface area contributed by atoms with Gasteiger partial charge in [0.2, 0.25) is 0 Å². The molecule has 0 aliphatic carbocycles. The van der Waals surface area contributed by atoms with Crippen molar-refractivity contribution in [1.29, 1.82) is 0 Å². The van der Waals surface area contributed by atoms with E-state index in [4.69, 9.17) is 4.74 Å². The molecule has 1 aromatic heterocycles. The number of benzene rings is 1. The van der Waals surface area contributed by atoms with Crippen LogP contribution in [0.15, 0.2) is 12.1 Å². The van der Waals surface area contributed by atoms with E-state index >= 15 is 0 Å². The first-order valence-corrected chi connectivity index (χ1v) is 8.75. The molecule has 2 N–H and O–H groups in total. The van der Waals surface area contributed by atoms with E-state index in [1.54, 1.807) is 27.7 Å². The third-order valence-electron chi connectivity index (χ3n) is 3.08. The van der Waals surface area contributed by atoms with Gasteiger partial charge in [-0.3, -0.25) is 20.2 Å². The number of amides is 2. The summed E-state index contributed by atoms with van der Waals surface area (Å²) in [7, 11) is 0. The van der Waals surface area contributed by atoms with Gasteiger partial charge in [-0.1, -0.05) is 11.3 Å². The predicted molar refractivity (Wildman–Crippen MR) is 98.5 cm³/mol. The second kappa shape index (κ2) is 7.65. The molecule has 0 saturated carbocycles. The molecular weight excluding hydrogens is 360 g/mol. The number of nitrogens with zero attached hydrogens (tertiary/aromatic N) is 2. The third-order valence-corrected chi connectivity index (χ3v) is 4.00. The Hall–Kier alpha value is -2.75. The first-order chi connectivity index (χ1) is 12.1. The Kier molecular flexibility index (Phi) is 5.76. The third kappa shape index (κ3) is 5.12. The summed E-state index contributed by atoms with van der Waals surface area (Å²) in [6.45, 7) is 7.45. The van der Waals surface area contributed by atoms with Gasteiger partial charge < -0.3 is 10.1 Å². The molecule has 2 amide bonds. The lowest BCUT2D eigenvalue weighted by atomic mass is 10.1. The molecule has 0 spiro atoms. The number of nitro benzene ring substituents is 1. The molecule has 0 saturated heterocycles. The van der Waals surface area contributed by atoms with E-state index in [-0.39, 0.29) is 17.2 Å². The summed E-state index contributed by atoms with van der Waals surface area (Å²) in [5, 5.41) is 16.6. The molecule has 0 radical (unpaired) electrons. The highest BCUT2D eigenvalue weighted by Crippen LogP contribution is 2.32. The van der Waals surface area contributed by atoms with E-state index in [1.807, 2.05) is 0 Å². The summed E-state index contributed by atoms with van der Waals surface area (Å²) < 4.78 is 5.79. The fraction of sp³-hybridized carbons (Fsp3) is 0.438. The maximum absolute atomic E-state index is 12.1. The number of nitrogens with one attached hydrogen (secondary N) is 2. The van der Waals surface area contributed by atoms with Crippen molar-refractivity contribution >= 4 is 44.4 Å². The standard InChI is InChI=1S/C16H20N4O5S/c1-5-17-14(22)19-15-18-13-9(7-12(21)25-16(2,3)4)6-10(20(23)24)8-11(13)26-15/h6,8H,5,7H2,1-4H3,(H2,17,18,19,22). The van der Waals surface area contributed by atoms with Gasteiger partial charge in [0.25, 0.3) is 5.69 Å². The number of non-ortho nitro benzene ring substituents is 1. The second-order valence-electron chi connectivity index (χ2n) is 6.48. The Bertz CT molecular complexity index is 856. The number of rotatable bonds is 5. The van der Waals surface area contributed by atoms with Gasteiger partial charge in [-0.15, -0.1) is 0 Å². The van der Waals surface area contributed by atoms with Crippen LogP contribution in [0, 0.1) is 10.1 Å². The van der Waals surface area contributed by atoms with Gasteiger partial charge >= 0.3 is 12.0 Å². The van der Waals surface area contributed by atoms with Crippen LogP contribution < -0.4 is 10.6 Å². The Morgan fingerprint density at radius 2 is 2.04 bits per heavy atom. The summed E-state index contributed by atoms with van der Waals surface area (Å²) in [5.41, 5.74) is -0.00426. The topological polar surface area (TPSA) is 123 Å². The van der Waals surface area contributed by atoms with E-state index < -0.39 is 22.5 Å². The lowest BCUT2D eigenvalue weighted by molar-refractivity contribution is -0.384. The molecule has 0 bridgehead atoms. The largest absolute Gasteiger partial charge is 0.460 e. The summed E-state index contributed by atoms with van der Waals surface area (Å²) in [6, 6.07) is 2.26. The van der Waals surface area contributed by atoms with Crippen molar-refractivity contribution in [2.75, 3.05) is 11.9 Å². The molecule has 10 heteroatoms. The van der Waals surface area contributed by atoms with Crippen molar-refractivity contribution in [2.24, 2.45) is 0 Å². The van der Waals surface area contributed by atoms with Crippen LogP contribution >= 0.6 is 11.3 Å². The SMILES string of the molecule is CCNC(=O)Nc1nc2c(CC(=O)OC(C)(C)C)cc([N+](=O)[O-])cc2s1. The molecule has 0 fully saturated rings. The Morgan fingerprint density at radius 1 is 1.35 bits per heavy atom. The van der Waals surface area contributed by atoms with Gasteiger partial charge in [0.05, 0.1) is 21.6 Å². The summed E-state index contributed by atoms with van der Waals surface area (Å²) in [4.78, 5) is 38.7. The number of carbonyl (C=O) groups is 2. The predicted octanol–water partition coefficient (Wildman–Crippen LogP) is 3.23. The zero-order valence-electron chi connectivity index (χ0n) is 14.9. The first-order valence-electron chi connectivity index (χ1n) is 7.93. The number of ether oxygens (including phenoxy) is 1. The van der Waals surface area contributed by atoms with Gasteiger partial charge in [-0.05, 0) is 33.3 Å². The van der Waals surface area contributed by atoms with Crippen LogP contribution in [-0.4, -0.2) is 34.1 Å². The molecule has 2 rings (SSSR count). The number of esters is 1. The van der Waals surface area contributed by atoms with E-state index in [0.29, 0.717) is 22.3 Å². The fourth-order valence-electron chi connectivity index (χ4n) is 2.21. The molecule has 1 aromatic carbocycles. The van der Waals surface area contributed by atoms with Crippen LogP contribution in [0.25, 0.3) is 10.2 Å². The van der Waals surface area contributed by atoms with Crippen LogP contribution in [-0.2, 0) is 16.0 Å². The molecule has 0 unspecified atom stereocenters. The van der Waals surface area contributed by atoms with Crippen LogP contribution in [0.5, 0.6) is 0 Å². The van der Waals surface area contributed by atoms with Crippen LogP contribution in [0.3, 0.4) is 0 Å². The quantitative estimate of drug-likeness (QED) is 0.466. The number of carbonyl (C=O) groups excluding carboxylic acids is 2. The number of nitro groups is 1. The minimum Gasteiger partial charge on any atom is -0.460 e. The van der Waals surface area contributed by atoms with Crippen LogP contribution in [0.1, 0.15) is 33.3 Å². The van der Waals surface area contributed by atoms with E-state index in [0.717, 1.165) is 11.3 Å². The van der Waals surface area contributed by atoms with Gasteiger partial charge in [-0.25, -0.2) is 9.78 Å². The molecular formula is C16H20N4O5S. The molecule has 1 heterocycles. The lowest BCUT2D eigenvalue weighted by Crippen LogP contribution is -2.28. The zero-order valence-corrected chi connectivity index (χ0v) is 15.7. The van der Waals surface area contributed by atoms with Crippen molar-refractivity contribution in [3.8, 4) is 0 Å². The maximum Gasteiger partial charge on any atom is 0.321 e. The van der Waals surface area contributed by atoms with Crippen molar-refractivity contribution in [1.82, 2.24) is 10.3 Å². The van der Waals surface area contributed by atoms with Gasteiger partial charge in [0.15, 0.2) is 5.13 Å². The van der Waals surface area contributed by atoms with Crippen molar-refractivity contribution in [2.45, 2.75) is 39.7 Å². The summed E-state index contributed by atoms with van der Waals surface area (Å²) in [6.07, 6.45) is -0.153. The average Bonchev–Trinajstić information content (AvgIpc) is 2.87. The van der Waals surface area contributed by atoms with Crippen molar-refractivity contribution in [3.05, 3.63) is 27.8 Å². The number of urea groups is 1. The zero-order chi connectivity index (χ0) is 19.5. The number of hydrogen-bond acceptors (Lipinski definition) is 7. The lowest BCUT2D eigenvalue weighted by Gasteiger charge is -2.19. The molecule has 9 nitrogen and oxygen atoms in total. The molecule has 26 heavy (non-hydrogen) atoms. The van der Waals surface area contributed by atoms with Crippen molar-refractivity contribution in [3.63, 3.8) is 0 Å². The van der Waals surface area contributed by atoms with Gasteiger partial charge in [0, 0.05) is 18.7 Å². The Labute approximate surface area is 153 Å². The number of aromatic nitrogens is 1. The monoisotopic (exact) mass is 380 g/mol. The number of hydrogen-bond donors (Lipinski definition) is 2. The summed E-state index contributed by atoms with van der Waals surface area (Å²) >= 11 is 1.10. The minimum atomic E-state index is -0.663. The molecule has 0 aliphatic rings. The number of anilines is 1.